The highest BCUT2D eigenvalue weighted by atomic mass is 32.2. The largest absolute Gasteiger partial charge is 0.276 e. The lowest BCUT2D eigenvalue weighted by Crippen LogP contribution is -2.14. The van der Waals surface area contributed by atoms with Crippen molar-refractivity contribution in [2.75, 3.05) is 4.72 Å². The lowest BCUT2D eigenvalue weighted by atomic mass is 10.1. The second kappa shape index (κ2) is 7.79. The molecule has 0 aliphatic rings. The molecule has 154 valence electrons. The van der Waals surface area contributed by atoms with Crippen LogP contribution in [-0.4, -0.2) is 28.0 Å². The van der Waals surface area contributed by atoms with Crippen molar-refractivity contribution in [3.63, 3.8) is 0 Å². The van der Waals surface area contributed by atoms with Crippen LogP contribution in [0.1, 0.15) is 22.5 Å². The molecule has 4 aromatic rings. The predicted octanol–water partition coefficient (Wildman–Crippen LogP) is 3.84. The van der Waals surface area contributed by atoms with Gasteiger partial charge in [0.1, 0.15) is 4.90 Å². The fourth-order valence-electron chi connectivity index (χ4n) is 3.51. The first kappa shape index (κ1) is 19.9. The fourth-order valence-corrected chi connectivity index (χ4v) is 4.93. The minimum Gasteiger partial charge on any atom is -0.276 e. The Kier molecular flexibility index (Phi) is 5.17. The Labute approximate surface area is 176 Å². The Morgan fingerprint density at radius 2 is 1.67 bits per heavy atom. The van der Waals surface area contributed by atoms with Crippen LogP contribution < -0.4 is 4.72 Å². The minimum absolute atomic E-state index is 0.179. The van der Waals surface area contributed by atoms with Gasteiger partial charge < -0.3 is 0 Å². The van der Waals surface area contributed by atoms with Gasteiger partial charge in [0.15, 0.2) is 0 Å². The number of nitrogens with one attached hydrogen (secondary N) is 1. The summed E-state index contributed by atoms with van der Waals surface area (Å²) >= 11 is 0. The molecule has 7 nitrogen and oxygen atoms in total. The summed E-state index contributed by atoms with van der Waals surface area (Å²) in [5, 5.41) is 8.73. The number of aryl methyl sites for hydroxylation is 2. The summed E-state index contributed by atoms with van der Waals surface area (Å²) < 4.78 is 32.2. The van der Waals surface area contributed by atoms with E-state index < -0.39 is 10.0 Å². The molecule has 0 amide bonds. The zero-order valence-electron chi connectivity index (χ0n) is 17.1. The van der Waals surface area contributed by atoms with E-state index in [1.165, 1.54) is 6.20 Å². The number of hydrogen-bond acceptors (Lipinski definition) is 4. The highest BCUT2D eigenvalue weighted by molar-refractivity contribution is 7.92. The van der Waals surface area contributed by atoms with Crippen LogP contribution >= 0.6 is 0 Å². The van der Waals surface area contributed by atoms with Crippen LogP contribution in [0.25, 0.3) is 5.69 Å². The second-order valence-corrected chi connectivity index (χ2v) is 8.83. The monoisotopic (exact) mass is 421 g/mol. The Hall–Kier alpha value is -3.39. The molecule has 0 saturated carbocycles. The third kappa shape index (κ3) is 3.86. The van der Waals surface area contributed by atoms with Gasteiger partial charge >= 0.3 is 0 Å². The summed E-state index contributed by atoms with van der Waals surface area (Å²) in [6.45, 7) is 6.06. The average molecular weight is 422 g/mol. The number of anilines is 1. The Balaban J connectivity index is 1.59. The quantitative estimate of drug-likeness (QED) is 0.513. The van der Waals surface area contributed by atoms with Gasteiger partial charge in [-0.15, -0.1) is 0 Å². The summed E-state index contributed by atoms with van der Waals surface area (Å²) in [5.41, 5.74) is 4.51. The lowest BCUT2D eigenvalue weighted by molar-refractivity contribution is 0.600. The number of aromatic nitrogens is 4. The predicted molar refractivity (Wildman–Crippen MR) is 116 cm³/mol. The van der Waals surface area contributed by atoms with Gasteiger partial charge in [0, 0.05) is 6.20 Å². The molecule has 0 unspecified atom stereocenters. The Morgan fingerprint density at radius 1 is 0.967 bits per heavy atom. The molecule has 8 heteroatoms. The van der Waals surface area contributed by atoms with Crippen molar-refractivity contribution < 1.29 is 8.42 Å². The Bertz CT molecular complexity index is 1290. The van der Waals surface area contributed by atoms with Gasteiger partial charge in [-0.25, -0.2) is 13.1 Å². The molecule has 0 fully saturated rings. The zero-order valence-corrected chi connectivity index (χ0v) is 17.9. The summed E-state index contributed by atoms with van der Waals surface area (Å²) in [6.07, 6.45) is 3.21. The maximum absolute atomic E-state index is 13.1. The zero-order chi connectivity index (χ0) is 21.3. The number of hydrogen-bond donors (Lipinski definition) is 1. The maximum Gasteiger partial charge on any atom is 0.265 e. The molecule has 0 aliphatic heterocycles. The molecule has 2 aromatic carbocycles. The van der Waals surface area contributed by atoms with E-state index in [2.05, 4.69) is 14.9 Å². The highest BCUT2D eigenvalue weighted by Crippen LogP contribution is 2.25. The van der Waals surface area contributed by atoms with E-state index in [9.17, 15) is 8.42 Å². The smallest absolute Gasteiger partial charge is 0.265 e. The Morgan fingerprint density at radius 3 is 2.40 bits per heavy atom. The van der Waals surface area contributed by atoms with Crippen molar-refractivity contribution in [3.05, 3.63) is 89.5 Å². The fraction of sp³-hybridized carbons (Fsp3) is 0.182. The molecular formula is C22H23N5O2S. The van der Waals surface area contributed by atoms with E-state index in [-0.39, 0.29) is 4.90 Å². The highest BCUT2D eigenvalue weighted by Gasteiger charge is 2.25. The average Bonchev–Trinajstić information content (AvgIpc) is 3.27. The topological polar surface area (TPSA) is 81.8 Å². The van der Waals surface area contributed by atoms with Crippen LogP contribution in [0, 0.1) is 20.8 Å². The lowest BCUT2D eigenvalue weighted by Gasteiger charge is -2.08. The normalized spacial score (nSPS) is 11.6. The first-order valence-corrected chi connectivity index (χ1v) is 11.0. The number of para-hydroxylation sites is 1. The molecule has 0 spiro atoms. The summed E-state index contributed by atoms with van der Waals surface area (Å²) in [6, 6.07) is 17.5. The van der Waals surface area contributed by atoms with E-state index in [4.69, 9.17) is 0 Å². The molecule has 2 heterocycles. The third-order valence-corrected chi connectivity index (χ3v) is 6.61. The van der Waals surface area contributed by atoms with Gasteiger partial charge in [0.25, 0.3) is 10.0 Å². The molecule has 0 bridgehead atoms. The molecule has 2 aromatic heterocycles. The molecule has 1 N–H and O–H groups in total. The first-order valence-electron chi connectivity index (χ1n) is 9.56. The second-order valence-electron chi connectivity index (χ2n) is 7.21. The summed E-state index contributed by atoms with van der Waals surface area (Å²) in [4.78, 5) is 0.179. The van der Waals surface area contributed by atoms with Gasteiger partial charge in [-0.05, 0) is 44.0 Å². The van der Waals surface area contributed by atoms with Crippen LogP contribution in [0.3, 0.4) is 0 Å². The molecular weight excluding hydrogens is 398 g/mol. The molecule has 0 radical (unpaired) electrons. The van der Waals surface area contributed by atoms with Crippen molar-refractivity contribution in [1.29, 1.82) is 0 Å². The summed E-state index contributed by atoms with van der Waals surface area (Å²) in [7, 11) is -3.82. The molecule has 30 heavy (non-hydrogen) atoms. The number of rotatable bonds is 6. The standard InChI is InChI=1S/C22H23N5O2S/c1-16-9-7-8-10-19(16)14-26-15-20(13-23-26)25-30(28,29)22-17(2)24-27(18(22)3)21-11-5-4-6-12-21/h4-13,15,25H,14H2,1-3H3. The summed E-state index contributed by atoms with van der Waals surface area (Å²) in [5.74, 6) is 0. The van der Waals surface area contributed by atoms with Gasteiger partial charge in [-0.3, -0.25) is 9.40 Å². The molecule has 4 rings (SSSR count). The van der Waals surface area contributed by atoms with Gasteiger partial charge in [-0.1, -0.05) is 42.5 Å². The number of sulfonamides is 1. The van der Waals surface area contributed by atoms with E-state index >= 15 is 0 Å². The van der Waals surface area contributed by atoms with Crippen molar-refractivity contribution in [1.82, 2.24) is 19.6 Å². The van der Waals surface area contributed by atoms with Crippen molar-refractivity contribution >= 4 is 15.7 Å². The molecule has 0 atom stereocenters. The van der Waals surface area contributed by atoms with Crippen molar-refractivity contribution in [3.8, 4) is 5.69 Å². The van der Waals surface area contributed by atoms with Crippen LogP contribution in [0.4, 0.5) is 5.69 Å². The van der Waals surface area contributed by atoms with Crippen LogP contribution in [-0.2, 0) is 16.6 Å². The molecule has 0 aliphatic carbocycles. The van der Waals surface area contributed by atoms with Gasteiger partial charge in [0.2, 0.25) is 0 Å². The van der Waals surface area contributed by atoms with Crippen molar-refractivity contribution in [2.45, 2.75) is 32.2 Å². The third-order valence-electron chi connectivity index (χ3n) is 4.97. The SMILES string of the molecule is Cc1ccccc1Cn1cc(NS(=O)(=O)c2c(C)nn(-c3ccccc3)c2C)cn1. The van der Waals surface area contributed by atoms with E-state index in [0.29, 0.717) is 23.6 Å². The molecule has 0 saturated heterocycles. The van der Waals surface area contributed by atoms with E-state index in [1.807, 2.05) is 61.5 Å². The van der Waals surface area contributed by atoms with Crippen molar-refractivity contribution in [2.24, 2.45) is 0 Å². The van der Waals surface area contributed by atoms with Gasteiger partial charge in [-0.2, -0.15) is 10.2 Å². The number of nitrogens with zero attached hydrogens (tertiary/aromatic N) is 4. The minimum atomic E-state index is -3.82. The van der Waals surface area contributed by atoms with E-state index in [0.717, 1.165) is 16.8 Å². The van der Waals surface area contributed by atoms with Crippen LogP contribution in [0.2, 0.25) is 0 Å². The van der Waals surface area contributed by atoms with Crippen LogP contribution in [0.5, 0.6) is 0 Å². The maximum atomic E-state index is 13.1. The van der Waals surface area contributed by atoms with Crippen LogP contribution in [0.15, 0.2) is 71.9 Å². The first-order chi connectivity index (χ1) is 14.3. The van der Waals surface area contributed by atoms with Gasteiger partial charge in [0.05, 0.1) is 35.5 Å². The van der Waals surface area contributed by atoms with E-state index in [1.54, 1.807) is 29.4 Å². The number of benzene rings is 2.